The monoisotopic (exact) mass is 549 g/mol. The summed E-state index contributed by atoms with van der Waals surface area (Å²) in [5, 5.41) is 7.90. The smallest absolute Gasteiger partial charge is 0.191 e. The quantitative estimate of drug-likeness (QED) is 0.242. The largest absolute Gasteiger partial charge is 0.459 e. The van der Waals surface area contributed by atoms with Gasteiger partial charge in [-0.15, -0.1) is 24.0 Å². The Bertz CT molecular complexity index is 981. The van der Waals surface area contributed by atoms with Gasteiger partial charge >= 0.3 is 0 Å². The van der Waals surface area contributed by atoms with Gasteiger partial charge in [0.2, 0.25) is 0 Å². The van der Waals surface area contributed by atoms with Crippen LogP contribution in [0.25, 0.3) is 11.0 Å². The van der Waals surface area contributed by atoms with Gasteiger partial charge < -0.3 is 24.5 Å². The molecule has 1 aliphatic heterocycles. The van der Waals surface area contributed by atoms with Crippen molar-refractivity contribution in [2.75, 3.05) is 20.3 Å². The molecule has 2 aromatic carbocycles. The van der Waals surface area contributed by atoms with Crippen LogP contribution in [0.1, 0.15) is 42.7 Å². The number of hydrogen-bond acceptors (Lipinski definition) is 4. The van der Waals surface area contributed by atoms with Crippen LogP contribution in [-0.2, 0) is 22.6 Å². The zero-order valence-electron chi connectivity index (χ0n) is 18.7. The Morgan fingerprint density at radius 1 is 1.09 bits per heavy atom. The Labute approximate surface area is 206 Å². The minimum atomic E-state index is -0.00203. The molecule has 0 bridgehead atoms. The number of fused-ring (bicyclic) bond motifs is 1. The van der Waals surface area contributed by atoms with Crippen LogP contribution in [-0.4, -0.2) is 32.3 Å². The van der Waals surface area contributed by atoms with Gasteiger partial charge in [-0.05, 0) is 43.0 Å². The summed E-state index contributed by atoms with van der Waals surface area (Å²) >= 11 is 0. The van der Waals surface area contributed by atoms with Gasteiger partial charge in [-0.25, -0.2) is 0 Å². The van der Waals surface area contributed by atoms with Gasteiger partial charge in [0.25, 0.3) is 0 Å². The number of para-hydroxylation sites is 1. The Hall–Kier alpha value is -2.10. The minimum absolute atomic E-state index is 0. The number of benzene rings is 2. The number of nitrogens with one attached hydrogen (secondary N) is 2. The van der Waals surface area contributed by atoms with Gasteiger partial charge in [-0.3, -0.25) is 4.99 Å². The number of nitrogens with zero attached hydrogens (tertiary/aromatic N) is 1. The molecular formula is C25H32IN3O3. The first-order valence-electron chi connectivity index (χ1n) is 10.9. The molecule has 2 heterocycles. The maximum atomic E-state index is 6.05. The van der Waals surface area contributed by atoms with Crippen LogP contribution in [0.15, 0.2) is 64.0 Å². The fraction of sp³-hybridized carbons (Fsp3) is 0.400. The zero-order chi connectivity index (χ0) is 21.5. The molecule has 1 atom stereocenters. The predicted molar refractivity (Wildman–Crippen MR) is 138 cm³/mol. The summed E-state index contributed by atoms with van der Waals surface area (Å²) < 4.78 is 17.4. The molecule has 3 aromatic rings. The minimum Gasteiger partial charge on any atom is -0.459 e. The first-order valence-corrected chi connectivity index (χ1v) is 10.9. The molecule has 0 spiro atoms. The molecule has 0 aliphatic carbocycles. The number of hydrogen-bond donors (Lipinski definition) is 2. The van der Waals surface area contributed by atoms with Gasteiger partial charge in [0.15, 0.2) is 5.96 Å². The molecule has 7 heteroatoms. The summed E-state index contributed by atoms with van der Waals surface area (Å²) in [6, 6.07) is 18.6. The van der Waals surface area contributed by atoms with Crippen LogP contribution in [0, 0.1) is 0 Å². The molecular weight excluding hydrogens is 517 g/mol. The molecule has 2 N–H and O–H groups in total. The van der Waals surface area contributed by atoms with Crippen LogP contribution in [0.5, 0.6) is 0 Å². The second-order valence-corrected chi connectivity index (χ2v) is 7.92. The third kappa shape index (κ3) is 6.70. The van der Waals surface area contributed by atoms with Crippen molar-refractivity contribution in [3.63, 3.8) is 0 Å². The molecule has 4 rings (SSSR count). The summed E-state index contributed by atoms with van der Waals surface area (Å²) in [4.78, 5) is 4.36. The van der Waals surface area contributed by atoms with E-state index in [-0.39, 0.29) is 30.0 Å². The van der Waals surface area contributed by atoms with E-state index in [9.17, 15) is 0 Å². The number of rotatable bonds is 7. The normalized spacial score (nSPS) is 15.9. The highest BCUT2D eigenvalue weighted by molar-refractivity contribution is 14.0. The fourth-order valence-corrected chi connectivity index (χ4v) is 3.76. The molecule has 1 aromatic heterocycles. The van der Waals surface area contributed by atoms with Crippen molar-refractivity contribution in [1.29, 1.82) is 0 Å². The maximum Gasteiger partial charge on any atom is 0.191 e. The van der Waals surface area contributed by atoms with Crippen molar-refractivity contribution in [3.05, 3.63) is 71.5 Å². The van der Waals surface area contributed by atoms with Crippen LogP contribution < -0.4 is 10.6 Å². The van der Waals surface area contributed by atoms with Crippen LogP contribution in [0.3, 0.4) is 0 Å². The second-order valence-electron chi connectivity index (χ2n) is 7.92. The molecule has 1 aliphatic rings. The molecule has 6 nitrogen and oxygen atoms in total. The summed E-state index contributed by atoms with van der Waals surface area (Å²) in [5.41, 5.74) is 3.27. The van der Waals surface area contributed by atoms with Gasteiger partial charge in [0.1, 0.15) is 11.3 Å². The summed E-state index contributed by atoms with van der Waals surface area (Å²) in [5.74, 6) is 1.62. The highest BCUT2D eigenvalue weighted by atomic mass is 127. The zero-order valence-corrected chi connectivity index (χ0v) is 21.0. The fourth-order valence-electron chi connectivity index (χ4n) is 3.76. The van der Waals surface area contributed by atoms with Crippen molar-refractivity contribution in [2.24, 2.45) is 4.99 Å². The summed E-state index contributed by atoms with van der Waals surface area (Å²) in [7, 11) is 1.78. The van der Waals surface area contributed by atoms with Crippen molar-refractivity contribution in [3.8, 4) is 0 Å². The Kier molecular flexibility index (Phi) is 9.37. The van der Waals surface area contributed by atoms with E-state index < -0.39 is 0 Å². The van der Waals surface area contributed by atoms with E-state index in [4.69, 9.17) is 13.9 Å². The lowest BCUT2D eigenvalue weighted by molar-refractivity contribution is -0.0390. The van der Waals surface area contributed by atoms with Crippen LogP contribution >= 0.6 is 24.0 Å². The lowest BCUT2D eigenvalue weighted by Crippen LogP contribution is -2.38. The molecule has 1 saturated heterocycles. The van der Waals surface area contributed by atoms with Crippen LogP contribution in [0.4, 0.5) is 0 Å². The Morgan fingerprint density at radius 2 is 1.88 bits per heavy atom. The van der Waals surface area contributed by atoms with Crippen molar-refractivity contribution in [1.82, 2.24) is 10.6 Å². The van der Waals surface area contributed by atoms with E-state index in [2.05, 4.69) is 58.9 Å². The average Bonchev–Trinajstić information content (AvgIpc) is 3.26. The van der Waals surface area contributed by atoms with E-state index in [1.807, 2.05) is 18.2 Å². The first kappa shape index (κ1) is 24.5. The van der Waals surface area contributed by atoms with Gasteiger partial charge in [0.05, 0.1) is 18.8 Å². The standard InChI is InChI=1S/C25H31N3O3.HI/c1-18(24-15-21-8-3-4-9-23(21)31-24)28-25(26-2)27-16-19-6-5-7-20(14-19)17-30-22-10-12-29-13-11-22;/h3-9,14-15,18,22H,10-13,16-17H2,1-2H3,(H2,26,27,28);1H. The predicted octanol–water partition coefficient (Wildman–Crippen LogP) is 5.17. The van der Waals surface area contributed by atoms with E-state index in [0.29, 0.717) is 19.3 Å². The number of aliphatic imine (C=N–C) groups is 1. The SMILES string of the molecule is CN=C(NCc1cccc(COC2CCOCC2)c1)NC(C)c1cc2ccccc2o1.I. The second kappa shape index (κ2) is 12.2. The highest BCUT2D eigenvalue weighted by Gasteiger charge is 2.15. The lowest BCUT2D eigenvalue weighted by Gasteiger charge is -2.22. The van der Waals surface area contributed by atoms with Crippen molar-refractivity contribution >= 4 is 40.9 Å². The maximum absolute atomic E-state index is 6.05. The van der Waals surface area contributed by atoms with E-state index in [1.165, 1.54) is 11.1 Å². The topological polar surface area (TPSA) is 68.0 Å². The third-order valence-corrected chi connectivity index (χ3v) is 5.55. The van der Waals surface area contributed by atoms with E-state index in [0.717, 1.165) is 48.7 Å². The highest BCUT2D eigenvalue weighted by Crippen LogP contribution is 2.23. The number of guanidine groups is 1. The number of ether oxygens (including phenoxy) is 2. The molecule has 0 saturated carbocycles. The van der Waals surface area contributed by atoms with Gasteiger partial charge in [-0.1, -0.05) is 42.5 Å². The third-order valence-electron chi connectivity index (χ3n) is 5.55. The van der Waals surface area contributed by atoms with Gasteiger partial charge in [0, 0.05) is 32.2 Å². The Morgan fingerprint density at radius 3 is 2.66 bits per heavy atom. The van der Waals surface area contributed by atoms with Crippen molar-refractivity contribution < 1.29 is 13.9 Å². The molecule has 1 fully saturated rings. The van der Waals surface area contributed by atoms with Crippen molar-refractivity contribution in [2.45, 2.75) is 45.1 Å². The summed E-state index contributed by atoms with van der Waals surface area (Å²) in [6.45, 7) is 4.98. The van der Waals surface area contributed by atoms with Gasteiger partial charge in [-0.2, -0.15) is 0 Å². The summed E-state index contributed by atoms with van der Waals surface area (Å²) in [6.07, 6.45) is 2.26. The van der Waals surface area contributed by atoms with E-state index >= 15 is 0 Å². The molecule has 1 unspecified atom stereocenters. The number of furan rings is 1. The first-order chi connectivity index (χ1) is 15.2. The lowest BCUT2D eigenvalue weighted by atomic mass is 10.1. The average molecular weight is 549 g/mol. The Balaban J connectivity index is 0.00000289. The van der Waals surface area contributed by atoms with E-state index in [1.54, 1.807) is 7.05 Å². The number of halogens is 1. The molecule has 0 radical (unpaired) electrons. The molecule has 0 amide bonds. The molecule has 172 valence electrons. The van der Waals surface area contributed by atoms with Crippen LogP contribution in [0.2, 0.25) is 0 Å². The molecule has 32 heavy (non-hydrogen) atoms.